The van der Waals surface area contributed by atoms with Gasteiger partial charge in [-0.05, 0) is 20.8 Å². The van der Waals surface area contributed by atoms with E-state index in [4.69, 9.17) is 0 Å². The number of hydrogen-bond donors (Lipinski definition) is 1. The molecule has 0 amide bonds. The lowest BCUT2D eigenvalue weighted by Crippen LogP contribution is -2.25. The van der Waals surface area contributed by atoms with Crippen LogP contribution in [-0.4, -0.2) is 24.7 Å². The molecule has 0 spiro atoms. The average Bonchev–Trinajstić information content (AvgIpc) is 2.71. The number of nitrogens with one attached hydrogen (secondary N) is 1. The van der Waals surface area contributed by atoms with Crippen LogP contribution in [0.4, 0.5) is 5.13 Å². The van der Waals surface area contributed by atoms with E-state index in [1.165, 1.54) is 11.5 Å². The Morgan fingerprint density at radius 1 is 1.38 bits per heavy atom. The van der Waals surface area contributed by atoms with Crippen LogP contribution in [0.25, 0.3) is 11.4 Å². The molecule has 2 heterocycles. The second-order valence-corrected chi connectivity index (χ2v) is 5.45. The van der Waals surface area contributed by atoms with Crippen LogP contribution in [0.15, 0.2) is 12.4 Å². The zero-order chi connectivity index (χ0) is 11.8. The molecule has 0 aliphatic carbocycles. The molecule has 0 saturated heterocycles. The van der Waals surface area contributed by atoms with Gasteiger partial charge in [0, 0.05) is 30.3 Å². The molecule has 0 fully saturated rings. The highest BCUT2D eigenvalue weighted by Crippen LogP contribution is 2.22. The summed E-state index contributed by atoms with van der Waals surface area (Å²) in [7, 11) is 1.88. The smallest absolute Gasteiger partial charge is 0.203 e. The van der Waals surface area contributed by atoms with Crippen molar-refractivity contribution in [2.24, 2.45) is 7.05 Å². The lowest BCUT2D eigenvalue weighted by molar-refractivity contribution is 0.633. The highest BCUT2D eigenvalue weighted by molar-refractivity contribution is 7.09. The first-order chi connectivity index (χ1) is 7.44. The molecule has 0 unspecified atom stereocenters. The fourth-order valence-corrected chi connectivity index (χ4v) is 2.05. The Morgan fingerprint density at radius 2 is 2.12 bits per heavy atom. The topological polar surface area (TPSA) is 55.6 Å². The summed E-state index contributed by atoms with van der Waals surface area (Å²) in [6.07, 6.45) is 3.67. The largest absolute Gasteiger partial charge is 0.356 e. The predicted molar refractivity (Wildman–Crippen MR) is 65.5 cm³/mol. The maximum atomic E-state index is 4.42. The highest BCUT2D eigenvalue weighted by Gasteiger charge is 2.14. The van der Waals surface area contributed by atoms with E-state index in [9.17, 15) is 0 Å². The standard InChI is InChI=1S/C10H15N5S/c1-10(2,3)13-9-12-8(14-16-9)7-5-11-15(4)6-7/h5-6H,1-4H3,(H,12,13,14). The monoisotopic (exact) mass is 237 g/mol. The summed E-state index contributed by atoms with van der Waals surface area (Å²) in [5.41, 5.74) is 0.951. The first kappa shape index (κ1) is 11.1. The lowest BCUT2D eigenvalue weighted by atomic mass is 10.1. The van der Waals surface area contributed by atoms with Gasteiger partial charge in [0.2, 0.25) is 5.13 Å². The summed E-state index contributed by atoms with van der Waals surface area (Å²) < 4.78 is 6.04. The van der Waals surface area contributed by atoms with E-state index in [1.54, 1.807) is 10.9 Å². The van der Waals surface area contributed by atoms with Crippen molar-refractivity contribution in [2.45, 2.75) is 26.3 Å². The minimum Gasteiger partial charge on any atom is -0.356 e. The quantitative estimate of drug-likeness (QED) is 0.869. The van der Waals surface area contributed by atoms with E-state index < -0.39 is 0 Å². The molecule has 0 atom stereocenters. The summed E-state index contributed by atoms with van der Waals surface area (Å²) in [5, 5.41) is 8.23. The van der Waals surface area contributed by atoms with Gasteiger partial charge < -0.3 is 5.32 Å². The first-order valence-corrected chi connectivity index (χ1v) is 5.82. The average molecular weight is 237 g/mol. The third-order valence-corrected chi connectivity index (χ3v) is 2.50. The van der Waals surface area contributed by atoms with E-state index in [2.05, 4.69) is 40.5 Å². The summed E-state index contributed by atoms with van der Waals surface area (Å²) in [5.74, 6) is 0.727. The number of rotatable bonds is 2. The van der Waals surface area contributed by atoms with Gasteiger partial charge in [-0.3, -0.25) is 4.68 Å². The molecule has 2 aromatic rings. The Morgan fingerprint density at radius 3 is 2.69 bits per heavy atom. The Bertz CT molecular complexity index is 479. The van der Waals surface area contributed by atoms with E-state index in [0.29, 0.717) is 0 Å². The predicted octanol–water partition coefficient (Wildman–Crippen LogP) is 2.15. The molecule has 6 heteroatoms. The molecule has 0 radical (unpaired) electrons. The van der Waals surface area contributed by atoms with Crippen molar-refractivity contribution in [3.63, 3.8) is 0 Å². The highest BCUT2D eigenvalue weighted by atomic mass is 32.1. The molecule has 16 heavy (non-hydrogen) atoms. The van der Waals surface area contributed by atoms with Gasteiger partial charge in [-0.15, -0.1) is 0 Å². The molecule has 0 saturated carbocycles. The molecule has 5 nitrogen and oxygen atoms in total. The van der Waals surface area contributed by atoms with Crippen LogP contribution in [0.2, 0.25) is 0 Å². The van der Waals surface area contributed by atoms with Crippen molar-refractivity contribution in [1.29, 1.82) is 0 Å². The molecule has 1 N–H and O–H groups in total. The molecular weight excluding hydrogens is 222 g/mol. The summed E-state index contributed by atoms with van der Waals surface area (Å²) >= 11 is 1.37. The van der Waals surface area contributed by atoms with Crippen molar-refractivity contribution in [1.82, 2.24) is 19.1 Å². The Labute approximate surface area is 98.7 Å². The Balaban J connectivity index is 2.20. The minimum atomic E-state index is 0.00570. The van der Waals surface area contributed by atoms with Gasteiger partial charge in [0.15, 0.2) is 5.82 Å². The zero-order valence-corrected chi connectivity index (χ0v) is 10.7. The normalized spacial score (nSPS) is 11.8. The third kappa shape index (κ3) is 2.57. The summed E-state index contributed by atoms with van der Waals surface area (Å²) in [6, 6.07) is 0. The van der Waals surface area contributed by atoms with Gasteiger partial charge >= 0.3 is 0 Å². The van der Waals surface area contributed by atoms with Gasteiger partial charge in [0.25, 0.3) is 0 Å². The molecule has 2 rings (SSSR count). The Hall–Kier alpha value is -1.43. The van der Waals surface area contributed by atoms with Crippen LogP contribution in [0.5, 0.6) is 0 Å². The fraction of sp³-hybridized carbons (Fsp3) is 0.500. The zero-order valence-electron chi connectivity index (χ0n) is 9.85. The fourth-order valence-electron chi connectivity index (χ4n) is 1.25. The van der Waals surface area contributed by atoms with E-state index in [0.717, 1.165) is 16.5 Å². The second kappa shape index (κ2) is 3.86. The van der Waals surface area contributed by atoms with Gasteiger partial charge in [-0.1, -0.05) is 0 Å². The van der Waals surface area contributed by atoms with Crippen molar-refractivity contribution in [3.8, 4) is 11.4 Å². The maximum Gasteiger partial charge on any atom is 0.203 e. The number of anilines is 1. The number of nitrogens with zero attached hydrogens (tertiary/aromatic N) is 4. The molecule has 2 aromatic heterocycles. The second-order valence-electron chi connectivity index (χ2n) is 4.70. The van der Waals surface area contributed by atoms with E-state index in [-0.39, 0.29) is 5.54 Å². The molecular formula is C10H15N5S. The van der Waals surface area contributed by atoms with Crippen LogP contribution >= 0.6 is 11.5 Å². The number of aromatic nitrogens is 4. The van der Waals surface area contributed by atoms with Crippen LogP contribution in [0, 0.1) is 0 Å². The van der Waals surface area contributed by atoms with Crippen LogP contribution in [0.3, 0.4) is 0 Å². The molecule has 0 aliphatic rings. The van der Waals surface area contributed by atoms with Crippen LogP contribution in [0.1, 0.15) is 20.8 Å². The van der Waals surface area contributed by atoms with Gasteiger partial charge in [-0.2, -0.15) is 14.5 Å². The van der Waals surface area contributed by atoms with Crippen LogP contribution in [-0.2, 0) is 7.05 Å². The molecule has 0 bridgehead atoms. The number of aryl methyl sites for hydroxylation is 1. The van der Waals surface area contributed by atoms with Crippen molar-refractivity contribution < 1.29 is 0 Å². The van der Waals surface area contributed by atoms with Crippen LogP contribution < -0.4 is 5.32 Å². The summed E-state index contributed by atoms with van der Waals surface area (Å²) in [4.78, 5) is 4.42. The number of hydrogen-bond acceptors (Lipinski definition) is 5. The third-order valence-electron chi connectivity index (χ3n) is 1.87. The van der Waals surface area contributed by atoms with Gasteiger partial charge in [-0.25, -0.2) is 0 Å². The first-order valence-electron chi connectivity index (χ1n) is 5.05. The van der Waals surface area contributed by atoms with Crippen molar-refractivity contribution >= 4 is 16.7 Å². The van der Waals surface area contributed by atoms with Crippen molar-refractivity contribution in [3.05, 3.63) is 12.4 Å². The molecule has 0 aromatic carbocycles. The molecule has 86 valence electrons. The molecule has 0 aliphatic heterocycles. The Kier molecular flexibility index (Phi) is 2.67. The van der Waals surface area contributed by atoms with Crippen molar-refractivity contribution in [2.75, 3.05) is 5.32 Å². The summed E-state index contributed by atoms with van der Waals surface area (Å²) in [6.45, 7) is 6.29. The van der Waals surface area contributed by atoms with E-state index in [1.807, 2.05) is 13.2 Å². The van der Waals surface area contributed by atoms with Gasteiger partial charge in [0.1, 0.15) is 0 Å². The van der Waals surface area contributed by atoms with E-state index >= 15 is 0 Å². The SMILES string of the molecule is Cn1cc(-c2nsc(NC(C)(C)C)n2)cn1. The maximum absolute atomic E-state index is 4.42. The lowest BCUT2D eigenvalue weighted by Gasteiger charge is -2.18. The van der Waals surface area contributed by atoms with Gasteiger partial charge in [0.05, 0.1) is 11.8 Å². The minimum absolute atomic E-state index is 0.00570.